The van der Waals surface area contributed by atoms with Crippen LogP contribution in [0.1, 0.15) is 10.4 Å². The van der Waals surface area contributed by atoms with Gasteiger partial charge in [0.15, 0.2) is 6.61 Å². The number of carbonyl (C=O) groups is 2. The molecule has 0 atom stereocenters. The molecular weight excluding hydrogens is 304 g/mol. The van der Waals surface area contributed by atoms with Gasteiger partial charge in [0.25, 0.3) is 11.6 Å². The Labute approximate surface area is 130 Å². The quantitative estimate of drug-likeness (QED) is 0.623. The van der Waals surface area contributed by atoms with E-state index in [2.05, 4.69) is 5.32 Å². The van der Waals surface area contributed by atoms with Crippen LogP contribution >= 0.6 is 0 Å². The van der Waals surface area contributed by atoms with Gasteiger partial charge in [-0.3, -0.25) is 14.9 Å². The number of carboxylic acid groups (broad SMARTS) is 1. The number of hydrogen-bond acceptors (Lipinski definition) is 5. The van der Waals surface area contributed by atoms with Gasteiger partial charge in [0.05, 0.1) is 4.92 Å². The maximum Gasteiger partial charge on any atom is 0.341 e. The lowest BCUT2D eigenvalue weighted by molar-refractivity contribution is -0.384. The van der Waals surface area contributed by atoms with Crippen molar-refractivity contribution in [3.05, 3.63) is 64.2 Å². The number of rotatable bonds is 6. The maximum absolute atomic E-state index is 12.0. The highest BCUT2D eigenvalue weighted by molar-refractivity contribution is 6.04. The van der Waals surface area contributed by atoms with Gasteiger partial charge in [-0.05, 0) is 36.4 Å². The summed E-state index contributed by atoms with van der Waals surface area (Å²) in [6.45, 7) is -0.450. The van der Waals surface area contributed by atoms with Gasteiger partial charge < -0.3 is 15.2 Å². The zero-order chi connectivity index (χ0) is 16.8. The molecule has 8 nitrogen and oxygen atoms in total. The van der Waals surface area contributed by atoms with Crippen molar-refractivity contribution in [2.45, 2.75) is 0 Å². The third kappa shape index (κ3) is 4.53. The van der Waals surface area contributed by atoms with Crippen LogP contribution in [0.15, 0.2) is 48.5 Å². The third-order valence-corrected chi connectivity index (χ3v) is 2.81. The van der Waals surface area contributed by atoms with Crippen LogP contribution in [-0.2, 0) is 4.79 Å². The molecule has 0 unspecified atom stereocenters. The zero-order valence-electron chi connectivity index (χ0n) is 11.8. The molecule has 0 aliphatic rings. The molecule has 0 saturated carbocycles. The molecule has 1 amide bonds. The van der Waals surface area contributed by atoms with Crippen LogP contribution in [0.5, 0.6) is 5.75 Å². The molecule has 23 heavy (non-hydrogen) atoms. The normalized spacial score (nSPS) is 9.91. The molecular formula is C15H12N2O6. The summed E-state index contributed by atoms with van der Waals surface area (Å²) in [7, 11) is 0. The Balaban J connectivity index is 1.99. The minimum absolute atomic E-state index is 0.0958. The van der Waals surface area contributed by atoms with Gasteiger partial charge >= 0.3 is 5.97 Å². The zero-order valence-corrected chi connectivity index (χ0v) is 11.8. The number of amides is 1. The summed E-state index contributed by atoms with van der Waals surface area (Å²) in [6.07, 6.45) is 0. The van der Waals surface area contributed by atoms with Crippen molar-refractivity contribution in [1.82, 2.24) is 0 Å². The number of carboxylic acids is 1. The lowest BCUT2D eigenvalue weighted by Crippen LogP contribution is -2.12. The average molecular weight is 316 g/mol. The highest BCUT2D eigenvalue weighted by Crippen LogP contribution is 2.17. The SMILES string of the molecule is O=C(O)COc1ccc(NC(=O)c2ccc([N+](=O)[O-])cc2)cc1. The van der Waals surface area contributed by atoms with E-state index in [1.54, 1.807) is 12.1 Å². The molecule has 0 bridgehead atoms. The minimum Gasteiger partial charge on any atom is -0.482 e. The first kappa shape index (κ1) is 16.0. The van der Waals surface area contributed by atoms with E-state index in [1.807, 2.05) is 0 Å². The van der Waals surface area contributed by atoms with E-state index in [9.17, 15) is 19.7 Å². The van der Waals surface area contributed by atoms with E-state index in [0.29, 0.717) is 11.4 Å². The second kappa shape index (κ2) is 7.03. The van der Waals surface area contributed by atoms with E-state index in [1.165, 1.54) is 36.4 Å². The van der Waals surface area contributed by atoms with Gasteiger partial charge in [0.2, 0.25) is 0 Å². The Kier molecular flexibility index (Phi) is 4.88. The van der Waals surface area contributed by atoms with E-state index in [0.717, 1.165) is 0 Å². The van der Waals surface area contributed by atoms with Gasteiger partial charge in [-0.2, -0.15) is 0 Å². The molecule has 0 fully saturated rings. The van der Waals surface area contributed by atoms with Crippen molar-refractivity contribution in [2.75, 3.05) is 11.9 Å². The minimum atomic E-state index is -1.08. The van der Waals surface area contributed by atoms with Gasteiger partial charge in [-0.15, -0.1) is 0 Å². The molecule has 8 heteroatoms. The van der Waals surface area contributed by atoms with Crippen LogP contribution < -0.4 is 10.1 Å². The number of non-ortho nitro benzene ring substituents is 1. The molecule has 0 saturated heterocycles. The van der Waals surface area contributed by atoms with E-state index in [4.69, 9.17) is 9.84 Å². The molecule has 0 heterocycles. The number of nitro benzene ring substituents is 1. The van der Waals surface area contributed by atoms with Crippen molar-refractivity contribution in [2.24, 2.45) is 0 Å². The summed E-state index contributed by atoms with van der Waals surface area (Å²) in [5.74, 6) is -1.14. The Bertz CT molecular complexity index is 725. The molecule has 0 radical (unpaired) electrons. The lowest BCUT2D eigenvalue weighted by Gasteiger charge is -2.07. The highest BCUT2D eigenvalue weighted by Gasteiger charge is 2.09. The number of nitrogens with one attached hydrogen (secondary N) is 1. The number of nitro groups is 1. The fraction of sp³-hybridized carbons (Fsp3) is 0.0667. The predicted molar refractivity (Wildman–Crippen MR) is 80.6 cm³/mol. The van der Waals surface area contributed by atoms with Crippen molar-refractivity contribution in [1.29, 1.82) is 0 Å². The van der Waals surface area contributed by atoms with E-state index >= 15 is 0 Å². The van der Waals surface area contributed by atoms with Crippen LogP contribution in [0.3, 0.4) is 0 Å². The summed E-state index contributed by atoms with van der Waals surface area (Å²) >= 11 is 0. The number of ether oxygens (including phenoxy) is 1. The van der Waals surface area contributed by atoms with Crippen LogP contribution in [-0.4, -0.2) is 28.5 Å². The molecule has 0 aliphatic heterocycles. The first-order valence-corrected chi connectivity index (χ1v) is 6.46. The summed E-state index contributed by atoms with van der Waals surface area (Å²) in [4.78, 5) is 32.4. The first-order chi connectivity index (χ1) is 11.0. The standard InChI is InChI=1S/C15H12N2O6/c18-14(19)9-23-13-7-3-11(4-8-13)16-15(20)10-1-5-12(6-2-10)17(21)22/h1-8H,9H2,(H,16,20)(H,18,19). The summed E-state index contributed by atoms with van der Waals surface area (Å²) < 4.78 is 4.97. The van der Waals surface area contributed by atoms with Crippen LogP contribution in [0.25, 0.3) is 0 Å². The molecule has 2 aromatic rings. The van der Waals surface area contributed by atoms with E-state index < -0.39 is 23.4 Å². The molecule has 0 spiro atoms. The Morgan fingerprint density at radius 2 is 1.70 bits per heavy atom. The number of carbonyl (C=O) groups excluding carboxylic acids is 1. The fourth-order valence-corrected chi connectivity index (χ4v) is 1.72. The van der Waals surface area contributed by atoms with Gasteiger partial charge in [-0.25, -0.2) is 4.79 Å². The van der Waals surface area contributed by atoms with Crippen molar-refractivity contribution in [3.63, 3.8) is 0 Å². The van der Waals surface area contributed by atoms with Crippen LogP contribution in [0, 0.1) is 10.1 Å². The van der Waals surface area contributed by atoms with Crippen molar-refractivity contribution < 1.29 is 24.4 Å². The second-order valence-electron chi connectivity index (χ2n) is 4.46. The van der Waals surface area contributed by atoms with Crippen LogP contribution in [0.4, 0.5) is 11.4 Å². The Morgan fingerprint density at radius 3 is 2.22 bits per heavy atom. The molecule has 2 aromatic carbocycles. The smallest absolute Gasteiger partial charge is 0.341 e. The van der Waals surface area contributed by atoms with Crippen molar-refractivity contribution in [3.8, 4) is 5.75 Å². The first-order valence-electron chi connectivity index (χ1n) is 6.46. The molecule has 0 aromatic heterocycles. The number of benzene rings is 2. The number of aliphatic carboxylic acids is 1. The molecule has 2 N–H and O–H groups in total. The molecule has 0 aliphatic carbocycles. The largest absolute Gasteiger partial charge is 0.482 e. The maximum atomic E-state index is 12.0. The van der Waals surface area contributed by atoms with Gasteiger partial charge in [0, 0.05) is 23.4 Å². The summed E-state index contributed by atoms with van der Waals surface area (Å²) in [5, 5.41) is 21.7. The van der Waals surface area contributed by atoms with E-state index in [-0.39, 0.29) is 11.3 Å². The van der Waals surface area contributed by atoms with Gasteiger partial charge in [0.1, 0.15) is 5.75 Å². The summed E-state index contributed by atoms with van der Waals surface area (Å²) in [6, 6.07) is 11.4. The predicted octanol–water partition coefficient (Wildman–Crippen LogP) is 2.31. The third-order valence-electron chi connectivity index (χ3n) is 2.81. The number of anilines is 1. The average Bonchev–Trinajstić information content (AvgIpc) is 2.54. The number of hydrogen-bond donors (Lipinski definition) is 2. The Hall–Kier alpha value is -3.42. The molecule has 118 valence electrons. The summed E-state index contributed by atoms with van der Waals surface area (Å²) in [5.41, 5.74) is 0.666. The highest BCUT2D eigenvalue weighted by atomic mass is 16.6. The topological polar surface area (TPSA) is 119 Å². The number of nitrogens with zero attached hydrogens (tertiary/aromatic N) is 1. The van der Waals surface area contributed by atoms with Crippen LogP contribution in [0.2, 0.25) is 0 Å². The monoisotopic (exact) mass is 316 g/mol. The van der Waals surface area contributed by atoms with Gasteiger partial charge in [-0.1, -0.05) is 0 Å². The molecule has 2 rings (SSSR count). The fourth-order valence-electron chi connectivity index (χ4n) is 1.72. The Morgan fingerprint density at radius 1 is 1.09 bits per heavy atom. The second-order valence-corrected chi connectivity index (χ2v) is 4.46. The lowest BCUT2D eigenvalue weighted by atomic mass is 10.2. The van der Waals surface area contributed by atoms with Crippen molar-refractivity contribution >= 4 is 23.3 Å².